The van der Waals surface area contributed by atoms with Crippen molar-refractivity contribution in [2.45, 2.75) is 39.2 Å². The third-order valence-electron chi connectivity index (χ3n) is 3.21. The molecular formula is C17H20O4S. The molecule has 118 valence electrons. The SMILES string of the molecule is CC(C)(C)OC(=O)C[C@H](Cc1csc2ccccc12)C(=O)O. The van der Waals surface area contributed by atoms with E-state index in [2.05, 4.69) is 0 Å². The van der Waals surface area contributed by atoms with Crippen LogP contribution in [0.5, 0.6) is 0 Å². The lowest BCUT2D eigenvalue weighted by Gasteiger charge is -2.21. The van der Waals surface area contributed by atoms with Gasteiger partial charge in [0.2, 0.25) is 0 Å². The first kappa shape index (κ1) is 16.5. The molecule has 2 aromatic rings. The van der Waals surface area contributed by atoms with E-state index >= 15 is 0 Å². The van der Waals surface area contributed by atoms with Crippen molar-refractivity contribution in [3.63, 3.8) is 0 Å². The first-order valence-electron chi connectivity index (χ1n) is 7.16. The highest BCUT2D eigenvalue weighted by atomic mass is 32.1. The topological polar surface area (TPSA) is 63.6 Å². The number of thiophene rings is 1. The number of carboxylic acid groups (broad SMARTS) is 1. The van der Waals surface area contributed by atoms with Crippen LogP contribution in [0.2, 0.25) is 0 Å². The number of carbonyl (C=O) groups is 2. The van der Waals surface area contributed by atoms with E-state index < -0.39 is 23.5 Å². The van der Waals surface area contributed by atoms with Crippen molar-refractivity contribution in [1.29, 1.82) is 0 Å². The molecule has 0 saturated heterocycles. The molecule has 5 heteroatoms. The van der Waals surface area contributed by atoms with Gasteiger partial charge in [-0.2, -0.15) is 0 Å². The summed E-state index contributed by atoms with van der Waals surface area (Å²) >= 11 is 1.59. The van der Waals surface area contributed by atoms with Gasteiger partial charge in [-0.05, 0) is 49.6 Å². The summed E-state index contributed by atoms with van der Waals surface area (Å²) in [6.07, 6.45) is 0.218. The number of aliphatic carboxylic acids is 1. The van der Waals surface area contributed by atoms with Gasteiger partial charge in [0.05, 0.1) is 12.3 Å². The number of esters is 1. The van der Waals surface area contributed by atoms with Crippen LogP contribution in [0.1, 0.15) is 32.8 Å². The molecule has 0 aliphatic heterocycles. The number of hydrogen-bond donors (Lipinski definition) is 1. The van der Waals surface area contributed by atoms with Gasteiger partial charge in [-0.3, -0.25) is 9.59 Å². The van der Waals surface area contributed by atoms with E-state index in [4.69, 9.17) is 4.74 Å². The van der Waals surface area contributed by atoms with Crippen LogP contribution in [0.15, 0.2) is 29.6 Å². The van der Waals surface area contributed by atoms with E-state index in [0.29, 0.717) is 6.42 Å². The average Bonchev–Trinajstić information content (AvgIpc) is 2.79. The molecule has 22 heavy (non-hydrogen) atoms. The van der Waals surface area contributed by atoms with Gasteiger partial charge in [0.15, 0.2) is 0 Å². The van der Waals surface area contributed by atoms with Gasteiger partial charge in [0.25, 0.3) is 0 Å². The summed E-state index contributed by atoms with van der Waals surface area (Å²) in [5.41, 5.74) is 0.367. The molecule has 0 aliphatic carbocycles. The summed E-state index contributed by atoms with van der Waals surface area (Å²) in [4.78, 5) is 23.3. The van der Waals surface area contributed by atoms with E-state index in [-0.39, 0.29) is 6.42 Å². The van der Waals surface area contributed by atoms with E-state index in [9.17, 15) is 14.7 Å². The number of hydrogen-bond acceptors (Lipinski definition) is 4. The number of rotatable bonds is 5. The second-order valence-corrected chi connectivity index (χ2v) is 7.20. The van der Waals surface area contributed by atoms with Gasteiger partial charge < -0.3 is 9.84 Å². The van der Waals surface area contributed by atoms with E-state index in [1.54, 1.807) is 32.1 Å². The van der Waals surface area contributed by atoms with Crippen LogP contribution >= 0.6 is 11.3 Å². The molecule has 4 nitrogen and oxygen atoms in total. The molecule has 1 atom stereocenters. The standard InChI is InChI=1S/C17H20O4S/c1-17(2,3)21-15(18)9-11(16(19)20)8-12-10-22-14-7-5-4-6-13(12)14/h4-7,10-11H,8-9H2,1-3H3,(H,19,20)/t11-/m0/s1. The monoisotopic (exact) mass is 320 g/mol. The quantitative estimate of drug-likeness (QED) is 0.849. The summed E-state index contributed by atoms with van der Waals surface area (Å²) in [6.45, 7) is 5.31. The fraction of sp³-hybridized carbons (Fsp3) is 0.412. The largest absolute Gasteiger partial charge is 0.481 e. The Morgan fingerprint density at radius 3 is 2.59 bits per heavy atom. The van der Waals surface area contributed by atoms with Gasteiger partial charge in [-0.25, -0.2) is 0 Å². The van der Waals surface area contributed by atoms with E-state index in [1.807, 2.05) is 29.6 Å². The average molecular weight is 320 g/mol. The predicted octanol–water partition coefficient (Wildman–Crippen LogP) is 3.88. The van der Waals surface area contributed by atoms with Crippen molar-refractivity contribution in [2.75, 3.05) is 0 Å². The summed E-state index contributed by atoms with van der Waals surface area (Å²) in [5, 5.41) is 12.4. The maximum absolute atomic E-state index is 11.9. The van der Waals surface area contributed by atoms with Gasteiger partial charge in [-0.1, -0.05) is 18.2 Å². The molecule has 1 aromatic carbocycles. The number of ether oxygens (including phenoxy) is 1. The third kappa shape index (κ3) is 4.31. The maximum atomic E-state index is 11.9. The first-order chi connectivity index (χ1) is 10.3. The Morgan fingerprint density at radius 2 is 1.95 bits per heavy atom. The van der Waals surface area contributed by atoms with Crippen LogP contribution in [0.25, 0.3) is 10.1 Å². The minimum absolute atomic E-state index is 0.114. The maximum Gasteiger partial charge on any atom is 0.307 e. The zero-order chi connectivity index (χ0) is 16.3. The molecule has 0 amide bonds. The number of carbonyl (C=O) groups excluding carboxylic acids is 1. The molecule has 0 fully saturated rings. The zero-order valence-electron chi connectivity index (χ0n) is 13.0. The molecule has 1 heterocycles. The Bertz CT molecular complexity index is 681. The Labute approximate surface area is 133 Å². The Kier molecular flexibility index (Phi) is 4.86. The molecule has 0 spiro atoms. The fourth-order valence-corrected chi connectivity index (χ4v) is 3.26. The molecule has 2 rings (SSSR count). The van der Waals surface area contributed by atoms with Crippen LogP contribution in [0, 0.1) is 5.92 Å². The Morgan fingerprint density at radius 1 is 1.27 bits per heavy atom. The summed E-state index contributed by atoms with van der Waals surface area (Å²) in [7, 11) is 0. The van der Waals surface area contributed by atoms with Crippen molar-refractivity contribution in [3.8, 4) is 0 Å². The summed E-state index contributed by atoms with van der Waals surface area (Å²) < 4.78 is 6.35. The molecule has 0 unspecified atom stereocenters. The van der Waals surface area contributed by atoms with Crippen molar-refractivity contribution < 1.29 is 19.4 Å². The van der Waals surface area contributed by atoms with Crippen molar-refractivity contribution >= 4 is 33.4 Å². The summed E-state index contributed by atoms with van der Waals surface area (Å²) in [5.74, 6) is -2.21. The number of benzene rings is 1. The van der Waals surface area contributed by atoms with Crippen LogP contribution in [0.3, 0.4) is 0 Å². The van der Waals surface area contributed by atoms with Crippen molar-refractivity contribution in [2.24, 2.45) is 5.92 Å². The zero-order valence-corrected chi connectivity index (χ0v) is 13.8. The molecule has 1 N–H and O–H groups in total. The number of fused-ring (bicyclic) bond motifs is 1. The molecule has 0 aliphatic rings. The highest BCUT2D eigenvalue weighted by Crippen LogP contribution is 2.28. The van der Waals surface area contributed by atoms with Gasteiger partial charge in [0, 0.05) is 4.70 Å². The smallest absolute Gasteiger partial charge is 0.307 e. The van der Waals surface area contributed by atoms with Crippen LogP contribution < -0.4 is 0 Å². The Hall–Kier alpha value is -1.88. The van der Waals surface area contributed by atoms with Crippen LogP contribution in [-0.2, 0) is 20.7 Å². The minimum Gasteiger partial charge on any atom is -0.481 e. The highest BCUT2D eigenvalue weighted by Gasteiger charge is 2.26. The van der Waals surface area contributed by atoms with Gasteiger partial charge in [0.1, 0.15) is 5.60 Å². The van der Waals surface area contributed by atoms with E-state index in [0.717, 1.165) is 15.6 Å². The van der Waals surface area contributed by atoms with Crippen LogP contribution in [-0.4, -0.2) is 22.6 Å². The number of carboxylic acids is 1. The molecule has 0 radical (unpaired) electrons. The van der Waals surface area contributed by atoms with Gasteiger partial charge >= 0.3 is 11.9 Å². The lowest BCUT2D eigenvalue weighted by atomic mass is 9.96. The van der Waals surface area contributed by atoms with Gasteiger partial charge in [-0.15, -0.1) is 11.3 Å². The third-order valence-corrected chi connectivity index (χ3v) is 4.22. The van der Waals surface area contributed by atoms with E-state index in [1.165, 1.54) is 0 Å². The minimum atomic E-state index is -0.971. The lowest BCUT2D eigenvalue weighted by Crippen LogP contribution is -2.28. The molecular weight excluding hydrogens is 300 g/mol. The normalized spacial score (nSPS) is 13.0. The highest BCUT2D eigenvalue weighted by molar-refractivity contribution is 7.17. The molecule has 0 bridgehead atoms. The van der Waals surface area contributed by atoms with Crippen LogP contribution in [0.4, 0.5) is 0 Å². The molecule has 1 aromatic heterocycles. The summed E-state index contributed by atoms with van der Waals surface area (Å²) in [6, 6.07) is 7.88. The molecule has 0 saturated carbocycles. The first-order valence-corrected chi connectivity index (χ1v) is 8.04. The second kappa shape index (κ2) is 6.48. The Balaban J connectivity index is 2.12. The fourth-order valence-electron chi connectivity index (χ4n) is 2.29. The van der Waals surface area contributed by atoms with Crippen molar-refractivity contribution in [3.05, 3.63) is 35.2 Å². The lowest BCUT2D eigenvalue weighted by molar-refractivity contribution is -0.159. The van der Waals surface area contributed by atoms with Crippen molar-refractivity contribution in [1.82, 2.24) is 0 Å². The predicted molar refractivity (Wildman–Crippen MR) is 87.1 cm³/mol. The second-order valence-electron chi connectivity index (χ2n) is 6.29.